The Labute approximate surface area is 124 Å². The van der Waals surface area contributed by atoms with Crippen molar-refractivity contribution in [2.75, 3.05) is 0 Å². The summed E-state index contributed by atoms with van der Waals surface area (Å²) in [6, 6.07) is 14.3. The topological polar surface area (TPSA) is 32.9 Å². The Kier molecular flexibility index (Phi) is 2.57. The van der Waals surface area contributed by atoms with Gasteiger partial charge in [0, 0.05) is 22.7 Å². The maximum atomic E-state index is 12.2. The van der Waals surface area contributed by atoms with Crippen molar-refractivity contribution < 1.29 is 0 Å². The zero-order valence-electron chi connectivity index (χ0n) is 10.7. The first-order valence-corrected chi connectivity index (χ1v) is 7.72. The highest BCUT2D eigenvalue weighted by atomic mass is 79.9. The molecule has 0 atom stereocenters. The summed E-state index contributed by atoms with van der Waals surface area (Å²) < 4.78 is 0. The van der Waals surface area contributed by atoms with Gasteiger partial charge in [-0.15, -0.1) is 0 Å². The van der Waals surface area contributed by atoms with E-state index in [4.69, 9.17) is 0 Å². The lowest BCUT2D eigenvalue weighted by Gasteiger charge is -2.05. The van der Waals surface area contributed by atoms with E-state index in [1.807, 2.05) is 24.3 Å². The van der Waals surface area contributed by atoms with Gasteiger partial charge < -0.3 is 4.98 Å². The third-order valence-corrected chi connectivity index (χ3v) is 4.65. The van der Waals surface area contributed by atoms with E-state index < -0.39 is 0 Å². The first-order chi connectivity index (χ1) is 9.78. The van der Waals surface area contributed by atoms with Crippen molar-refractivity contribution in [1.82, 2.24) is 4.98 Å². The molecule has 0 radical (unpaired) electrons. The Morgan fingerprint density at radius 2 is 1.90 bits per heavy atom. The van der Waals surface area contributed by atoms with Crippen LogP contribution >= 0.6 is 15.9 Å². The molecule has 0 amide bonds. The average Bonchev–Trinajstić information content (AvgIpc) is 2.85. The van der Waals surface area contributed by atoms with Crippen LogP contribution in [0.25, 0.3) is 22.0 Å². The summed E-state index contributed by atoms with van der Waals surface area (Å²) in [5.41, 5.74) is 5.95. The number of H-pyrrole nitrogens is 1. The highest BCUT2D eigenvalue weighted by Gasteiger charge is 2.22. The van der Waals surface area contributed by atoms with Gasteiger partial charge in [0.1, 0.15) is 0 Å². The zero-order valence-corrected chi connectivity index (χ0v) is 12.3. The van der Waals surface area contributed by atoms with Crippen molar-refractivity contribution in [3.63, 3.8) is 0 Å². The van der Waals surface area contributed by atoms with Gasteiger partial charge >= 0.3 is 0 Å². The molecule has 1 aliphatic carbocycles. The van der Waals surface area contributed by atoms with Crippen molar-refractivity contribution in [2.24, 2.45) is 0 Å². The maximum Gasteiger partial charge on any atom is 0.256 e. The van der Waals surface area contributed by atoms with Crippen LogP contribution in [0.5, 0.6) is 0 Å². The average molecular weight is 326 g/mol. The van der Waals surface area contributed by atoms with Crippen LogP contribution in [0.4, 0.5) is 0 Å². The molecule has 0 saturated carbocycles. The van der Waals surface area contributed by atoms with Crippen molar-refractivity contribution in [3.8, 4) is 11.3 Å². The standard InChI is InChI=1S/C17H12BrNO/c18-9-10-5-6-12-11(7-10)8-15-13-3-1-2-4-14(13)17(20)19-16(12)15/h1-7H,8-9H2,(H,19,20). The number of pyridine rings is 1. The fourth-order valence-electron chi connectivity index (χ4n) is 3.06. The quantitative estimate of drug-likeness (QED) is 0.527. The molecule has 3 heteroatoms. The molecule has 3 aromatic rings. The highest BCUT2D eigenvalue weighted by Crippen LogP contribution is 2.38. The van der Waals surface area contributed by atoms with E-state index in [9.17, 15) is 4.79 Å². The molecule has 0 spiro atoms. The van der Waals surface area contributed by atoms with Crippen molar-refractivity contribution in [1.29, 1.82) is 0 Å². The van der Waals surface area contributed by atoms with E-state index in [1.165, 1.54) is 16.7 Å². The minimum atomic E-state index is -0.00299. The summed E-state index contributed by atoms with van der Waals surface area (Å²) in [4.78, 5) is 15.3. The van der Waals surface area contributed by atoms with Crippen LogP contribution in [0.15, 0.2) is 47.3 Å². The monoisotopic (exact) mass is 325 g/mol. The second-order valence-electron chi connectivity index (χ2n) is 5.16. The molecule has 2 aromatic carbocycles. The van der Waals surface area contributed by atoms with Gasteiger partial charge in [0.15, 0.2) is 0 Å². The van der Waals surface area contributed by atoms with Gasteiger partial charge in [0.2, 0.25) is 0 Å². The van der Waals surface area contributed by atoms with Crippen LogP contribution in [0, 0.1) is 0 Å². The Hall–Kier alpha value is -1.87. The molecule has 1 aromatic heterocycles. The summed E-state index contributed by atoms with van der Waals surface area (Å²) in [7, 11) is 0. The normalized spacial score (nSPS) is 12.4. The predicted octanol–water partition coefficient (Wildman–Crippen LogP) is 3.99. The summed E-state index contributed by atoms with van der Waals surface area (Å²) in [6.07, 6.45) is 0.892. The molecule has 0 aliphatic heterocycles. The lowest BCUT2D eigenvalue weighted by atomic mass is 10.0. The molecular weight excluding hydrogens is 314 g/mol. The number of hydrogen-bond donors (Lipinski definition) is 1. The molecule has 0 unspecified atom stereocenters. The molecule has 0 bridgehead atoms. The lowest BCUT2D eigenvalue weighted by Crippen LogP contribution is -2.08. The first-order valence-electron chi connectivity index (χ1n) is 6.60. The van der Waals surface area contributed by atoms with Crippen molar-refractivity contribution in [3.05, 3.63) is 69.5 Å². The van der Waals surface area contributed by atoms with Gasteiger partial charge in [-0.1, -0.05) is 52.3 Å². The van der Waals surface area contributed by atoms with Crippen LogP contribution in [0.2, 0.25) is 0 Å². The van der Waals surface area contributed by atoms with E-state index in [-0.39, 0.29) is 5.56 Å². The molecule has 20 heavy (non-hydrogen) atoms. The van der Waals surface area contributed by atoms with Gasteiger partial charge in [0.05, 0.1) is 5.69 Å². The maximum absolute atomic E-state index is 12.2. The minimum Gasteiger partial charge on any atom is -0.321 e. The third kappa shape index (κ3) is 1.59. The van der Waals surface area contributed by atoms with Gasteiger partial charge in [0.25, 0.3) is 5.56 Å². The summed E-state index contributed by atoms with van der Waals surface area (Å²) in [6.45, 7) is 0. The van der Waals surface area contributed by atoms with Crippen LogP contribution in [0.1, 0.15) is 16.7 Å². The fourth-order valence-corrected chi connectivity index (χ4v) is 3.41. The Bertz CT molecular complexity index is 895. The number of benzene rings is 2. The Morgan fingerprint density at radius 3 is 2.70 bits per heavy atom. The molecule has 1 N–H and O–H groups in total. The number of aromatic amines is 1. The molecule has 1 heterocycles. The van der Waals surface area contributed by atoms with Crippen LogP contribution in [0.3, 0.4) is 0 Å². The smallest absolute Gasteiger partial charge is 0.256 e. The number of aromatic nitrogens is 1. The van der Waals surface area contributed by atoms with E-state index in [1.54, 1.807) is 0 Å². The van der Waals surface area contributed by atoms with E-state index >= 15 is 0 Å². The minimum absolute atomic E-state index is 0.00299. The highest BCUT2D eigenvalue weighted by molar-refractivity contribution is 9.08. The molecule has 98 valence electrons. The lowest BCUT2D eigenvalue weighted by molar-refractivity contribution is 1.23. The molecule has 0 saturated heterocycles. The largest absolute Gasteiger partial charge is 0.321 e. The number of hydrogen-bond acceptors (Lipinski definition) is 1. The molecule has 4 rings (SSSR count). The van der Waals surface area contributed by atoms with Crippen LogP contribution in [-0.2, 0) is 11.8 Å². The van der Waals surface area contributed by atoms with Crippen LogP contribution < -0.4 is 5.56 Å². The molecule has 1 aliphatic rings. The SMILES string of the molecule is O=c1[nH]c2c(c3ccccc13)Cc1cc(CBr)ccc1-2. The van der Waals surface area contributed by atoms with Gasteiger partial charge in [-0.25, -0.2) is 0 Å². The number of alkyl halides is 1. The van der Waals surface area contributed by atoms with Gasteiger partial charge in [-0.3, -0.25) is 4.79 Å². The first kappa shape index (κ1) is 11.9. The van der Waals surface area contributed by atoms with Crippen molar-refractivity contribution >= 4 is 26.7 Å². The second-order valence-corrected chi connectivity index (χ2v) is 5.72. The summed E-state index contributed by atoms with van der Waals surface area (Å²) >= 11 is 3.49. The predicted molar refractivity (Wildman–Crippen MR) is 85.4 cm³/mol. The zero-order chi connectivity index (χ0) is 13.7. The van der Waals surface area contributed by atoms with E-state index in [0.717, 1.165) is 33.8 Å². The van der Waals surface area contributed by atoms with E-state index in [2.05, 4.69) is 39.1 Å². The van der Waals surface area contributed by atoms with Gasteiger partial charge in [-0.2, -0.15) is 0 Å². The van der Waals surface area contributed by atoms with Crippen LogP contribution in [-0.4, -0.2) is 4.98 Å². The number of halogens is 1. The van der Waals surface area contributed by atoms with Gasteiger partial charge in [-0.05, 0) is 28.1 Å². The van der Waals surface area contributed by atoms with E-state index in [0.29, 0.717) is 0 Å². The summed E-state index contributed by atoms with van der Waals surface area (Å²) in [5, 5.41) is 2.70. The molecule has 0 fully saturated rings. The molecule has 2 nitrogen and oxygen atoms in total. The number of rotatable bonds is 1. The third-order valence-electron chi connectivity index (χ3n) is 4.00. The number of nitrogens with one attached hydrogen (secondary N) is 1. The Morgan fingerprint density at radius 1 is 1.10 bits per heavy atom. The fraction of sp³-hybridized carbons (Fsp3) is 0.118. The Balaban J connectivity index is 2.05. The van der Waals surface area contributed by atoms with Crippen molar-refractivity contribution in [2.45, 2.75) is 11.8 Å². The molecular formula is C17H12BrNO. The second kappa shape index (κ2) is 4.32. The number of fused-ring (bicyclic) bond motifs is 5. The summed E-state index contributed by atoms with van der Waals surface area (Å²) in [5.74, 6) is 0.